The Kier molecular flexibility index (Phi) is 4.06. The van der Waals surface area contributed by atoms with Crippen molar-refractivity contribution in [2.24, 2.45) is 0 Å². The molecule has 100 valence electrons. The minimum Gasteiger partial charge on any atom is -0.465 e. The molecule has 19 heavy (non-hydrogen) atoms. The number of ether oxygens (including phenoxy) is 1. The van der Waals surface area contributed by atoms with E-state index in [2.05, 4.69) is 15.0 Å². The van der Waals surface area contributed by atoms with Crippen molar-refractivity contribution in [3.8, 4) is 0 Å². The third kappa shape index (κ3) is 3.48. The van der Waals surface area contributed by atoms with Gasteiger partial charge in [-0.25, -0.2) is 9.78 Å². The molecule has 0 amide bonds. The number of esters is 1. The molecule has 0 aliphatic heterocycles. The van der Waals surface area contributed by atoms with E-state index in [-0.39, 0.29) is 0 Å². The summed E-state index contributed by atoms with van der Waals surface area (Å²) in [5.41, 5.74) is 1.09. The smallest absolute Gasteiger partial charge is 0.337 e. The van der Waals surface area contributed by atoms with Gasteiger partial charge in [-0.1, -0.05) is 11.6 Å². The number of hydrogen-bond donors (Lipinski definition) is 1. The summed E-state index contributed by atoms with van der Waals surface area (Å²) in [6.07, 6.45) is 1.65. The number of aromatic nitrogens is 1. The Hall–Kier alpha value is -2.01. The molecule has 1 heterocycles. The fourth-order valence-corrected chi connectivity index (χ4v) is 1.82. The molecule has 6 heteroatoms. The molecule has 0 radical (unpaired) electrons. The highest BCUT2D eigenvalue weighted by molar-refractivity contribution is 6.31. The quantitative estimate of drug-likeness (QED) is 0.872. The van der Waals surface area contributed by atoms with Gasteiger partial charge in [0, 0.05) is 10.7 Å². The molecular formula is C13H13ClN2O3. The summed E-state index contributed by atoms with van der Waals surface area (Å²) in [5, 5.41) is 3.54. The minimum atomic E-state index is -0.433. The molecule has 0 saturated heterocycles. The van der Waals surface area contributed by atoms with Crippen LogP contribution in [-0.2, 0) is 11.3 Å². The van der Waals surface area contributed by atoms with E-state index in [0.717, 1.165) is 5.76 Å². The van der Waals surface area contributed by atoms with Crippen LogP contribution < -0.4 is 5.32 Å². The van der Waals surface area contributed by atoms with E-state index >= 15 is 0 Å². The standard InChI is InChI=1S/C13H13ClN2O3/c1-8-6-16-12(19-8)7-15-11-4-9(13(17)18-2)3-10(14)5-11/h3-6,15H,7H2,1-2H3. The van der Waals surface area contributed by atoms with Crippen LogP contribution in [0, 0.1) is 6.92 Å². The van der Waals surface area contributed by atoms with Crippen molar-refractivity contribution in [3.63, 3.8) is 0 Å². The summed E-state index contributed by atoms with van der Waals surface area (Å²) in [7, 11) is 1.33. The van der Waals surface area contributed by atoms with Crippen molar-refractivity contribution in [1.82, 2.24) is 4.98 Å². The highest BCUT2D eigenvalue weighted by Crippen LogP contribution is 2.20. The van der Waals surface area contributed by atoms with E-state index in [1.807, 2.05) is 6.92 Å². The summed E-state index contributed by atoms with van der Waals surface area (Å²) in [6, 6.07) is 4.92. The van der Waals surface area contributed by atoms with Gasteiger partial charge >= 0.3 is 5.97 Å². The Labute approximate surface area is 115 Å². The zero-order chi connectivity index (χ0) is 13.8. The van der Waals surface area contributed by atoms with Gasteiger partial charge in [0.05, 0.1) is 25.4 Å². The molecule has 2 aromatic rings. The van der Waals surface area contributed by atoms with Crippen LogP contribution in [-0.4, -0.2) is 18.1 Å². The molecule has 1 N–H and O–H groups in total. The van der Waals surface area contributed by atoms with Crippen molar-refractivity contribution in [2.75, 3.05) is 12.4 Å². The van der Waals surface area contributed by atoms with Crippen LogP contribution in [0.3, 0.4) is 0 Å². The predicted molar refractivity (Wildman–Crippen MR) is 71.4 cm³/mol. The predicted octanol–water partition coefficient (Wildman–Crippen LogP) is 3.04. The number of anilines is 1. The number of oxazole rings is 1. The molecular weight excluding hydrogens is 268 g/mol. The number of benzene rings is 1. The van der Waals surface area contributed by atoms with Crippen LogP contribution >= 0.6 is 11.6 Å². The number of nitrogens with one attached hydrogen (secondary N) is 1. The lowest BCUT2D eigenvalue weighted by Crippen LogP contribution is -2.04. The Morgan fingerprint density at radius 3 is 2.89 bits per heavy atom. The van der Waals surface area contributed by atoms with Gasteiger partial charge in [-0.05, 0) is 25.1 Å². The highest BCUT2D eigenvalue weighted by atomic mass is 35.5. The lowest BCUT2D eigenvalue weighted by Gasteiger charge is -2.07. The number of halogens is 1. The van der Waals surface area contributed by atoms with Crippen molar-refractivity contribution >= 4 is 23.3 Å². The van der Waals surface area contributed by atoms with Crippen LogP contribution in [0.1, 0.15) is 22.0 Å². The van der Waals surface area contributed by atoms with Gasteiger partial charge in [0.15, 0.2) is 0 Å². The largest absolute Gasteiger partial charge is 0.465 e. The number of rotatable bonds is 4. The zero-order valence-corrected chi connectivity index (χ0v) is 11.3. The Bertz CT molecular complexity index is 595. The Balaban J connectivity index is 2.11. The molecule has 0 aliphatic rings. The first-order chi connectivity index (χ1) is 9.08. The van der Waals surface area contributed by atoms with Crippen LogP contribution in [0.25, 0.3) is 0 Å². The van der Waals surface area contributed by atoms with E-state index in [1.54, 1.807) is 24.4 Å². The molecule has 0 atom stereocenters. The Morgan fingerprint density at radius 1 is 1.47 bits per heavy atom. The maximum Gasteiger partial charge on any atom is 0.337 e. The van der Waals surface area contributed by atoms with Crippen LogP contribution in [0.15, 0.2) is 28.8 Å². The summed E-state index contributed by atoms with van der Waals surface area (Å²) in [5.74, 6) is 0.882. The number of nitrogens with zero attached hydrogens (tertiary/aromatic N) is 1. The molecule has 0 saturated carbocycles. The monoisotopic (exact) mass is 280 g/mol. The lowest BCUT2D eigenvalue weighted by molar-refractivity contribution is 0.0601. The second kappa shape index (κ2) is 5.75. The molecule has 0 aliphatic carbocycles. The fraction of sp³-hybridized carbons (Fsp3) is 0.231. The molecule has 0 unspecified atom stereocenters. The second-order valence-electron chi connectivity index (χ2n) is 3.94. The number of carbonyl (C=O) groups excluding carboxylic acids is 1. The maximum atomic E-state index is 11.5. The lowest BCUT2D eigenvalue weighted by atomic mass is 10.2. The molecule has 0 fully saturated rings. The van der Waals surface area contributed by atoms with E-state index in [1.165, 1.54) is 7.11 Å². The SMILES string of the molecule is COC(=O)c1cc(Cl)cc(NCc2ncc(C)o2)c1. The van der Waals surface area contributed by atoms with E-state index in [9.17, 15) is 4.79 Å². The number of carbonyl (C=O) groups is 1. The molecule has 0 bridgehead atoms. The van der Waals surface area contributed by atoms with Crippen molar-refractivity contribution in [1.29, 1.82) is 0 Å². The number of methoxy groups -OCH3 is 1. The first-order valence-corrected chi connectivity index (χ1v) is 6.00. The van der Waals surface area contributed by atoms with E-state index < -0.39 is 5.97 Å². The summed E-state index contributed by atoms with van der Waals surface area (Å²) >= 11 is 5.95. The first kappa shape index (κ1) is 13.4. The second-order valence-corrected chi connectivity index (χ2v) is 4.37. The summed E-state index contributed by atoms with van der Waals surface area (Å²) in [4.78, 5) is 15.5. The first-order valence-electron chi connectivity index (χ1n) is 5.62. The zero-order valence-electron chi connectivity index (χ0n) is 10.6. The van der Waals surface area contributed by atoms with Crippen LogP contribution in [0.4, 0.5) is 5.69 Å². The summed E-state index contributed by atoms with van der Waals surface area (Å²) in [6.45, 7) is 2.24. The average molecular weight is 281 g/mol. The van der Waals surface area contributed by atoms with Gasteiger partial charge < -0.3 is 14.5 Å². The van der Waals surface area contributed by atoms with Crippen molar-refractivity contribution in [2.45, 2.75) is 13.5 Å². The average Bonchev–Trinajstić information content (AvgIpc) is 2.80. The molecule has 1 aromatic heterocycles. The molecule has 2 rings (SSSR count). The van der Waals surface area contributed by atoms with Gasteiger partial charge in [-0.3, -0.25) is 0 Å². The van der Waals surface area contributed by atoms with Crippen LogP contribution in [0.5, 0.6) is 0 Å². The van der Waals surface area contributed by atoms with Gasteiger partial charge in [0.25, 0.3) is 0 Å². The van der Waals surface area contributed by atoms with Crippen molar-refractivity contribution < 1.29 is 13.9 Å². The molecule has 1 aromatic carbocycles. The summed E-state index contributed by atoms with van der Waals surface area (Å²) < 4.78 is 9.99. The van der Waals surface area contributed by atoms with Crippen molar-refractivity contribution in [3.05, 3.63) is 46.6 Å². The number of aryl methyl sites for hydroxylation is 1. The van der Waals surface area contributed by atoms with Crippen LogP contribution in [0.2, 0.25) is 5.02 Å². The third-order valence-electron chi connectivity index (χ3n) is 2.43. The van der Waals surface area contributed by atoms with Gasteiger partial charge in [0.1, 0.15) is 5.76 Å². The van der Waals surface area contributed by atoms with Gasteiger partial charge in [0.2, 0.25) is 5.89 Å². The highest BCUT2D eigenvalue weighted by Gasteiger charge is 2.08. The van der Waals surface area contributed by atoms with E-state index in [4.69, 9.17) is 16.0 Å². The Morgan fingerprint density at radius 2 is 2.26 bits per heavy atom. The topological polar surface area (TPSA) is 64.4 Å². The molecule has 5 nitrogen and oxygen atoms in total. The van der Waals surface area contributed by atoms with E-state index in [0.29, 0.717) is 28.7 Å². The fourth-order valence-electron chi connectivity index (χ4n) is 1.59. The maximum absolute atomic E-state index is 11.5. The van der Waals surface area contributed by atoms with Gasteiger partial charge in [-0.15, -0.1) is 0 Å². The third-order valence-corrected chi connectivity index (χ3v) is 2.65. The number of hydrogen-bond acceptors (Lipinski definition) is 5. The minimum absolute atomic E-state index is 0.390. The normalized spacial score (nSPS) is 10.3. The molecule has 0 spiro atoms. The van der Waals surface area contributed by atoms with Gasteiger partial charge in [-0.2, -0.15) is 0 Å².